The average molecular weight is 499 g/mol. The van der Waals surface area contributed by atoms with Crippen LogP contribution in [0.25, 0.3) is 0 Å². The second kappa shape index (κ2) is 11.0. The molecule has 27 heavy (non-hydrogen) atoms. The maximum Gasteiger partial charge on any atom is 0.194 e. The minimum atomic E-state index is 0. The molecule has 1 fully saturated rings. The summed E-state index contributed by atoms with van der Waals surface area (Å²) in [6.45, 7) is 10.2. The van der Waals surface area contributed by atoms with E-state index in [4.69, 9.17) is 0 Å². The molecule has 1 aliphatic heterocycles. The molecule has 0 saturated carbocycles. The highest BCUT2D eigenvalue weighted by Gasteiger charge is 2.19. The zero-order valence-corrected chi connectivity index (χ0v) is 19.6. The molecule has 0 spiro atoms. The fourth-order valence-corrected chi connectivity index (χ4v) is 4.07. The number of thiazole rings is 1. The van der Waals surface area contributed by atoms with Crippen molar-refractivity contribution in [2.24, 2.45) is 4.99 Å². The first kappa shape index (κ1) is 22.1. The van der Waals surface area contributed by atoms with Gasteiger partial charge >= 0.3 is 0 Å². The lowest BCUT2D eigenvalue weighted by Gasteiger charge is -2.36. The number of guanidine groups is 1. The van der Waals surface area contributed by atoms with E-state index < -0.39 is 0 Å². The highest BCUT2D eigenvalue weighted by Crippen LogP contribution is 2.14. The minimum absolute atomic E-state index is 0. The highest BCUT2D eigenvalue weighted by atomic mass is 127. The molecule has 1 N–H and O–H groups in total. The Hall–Kier alpha value is -1.19. The van der Waals surface area contributed by atoms with Gasteiger partial charge in [-0.15, -0.1) is 35.3 Å². The van der Waals surface area contributed by atoms with E-state index in [2.05, 4.69) is 63.2 Å². The summed E-state index contributed by atoms with van der Waals surface area (Å²) in [5.74, 6) is 0.980. The fraction of sp³-hybridized carbons (Fsp3) is 0.500. The molecule has 0 atom stereocenters. The number of aromatic nitrogens is 1. The number of piperazine rings is 1. The number of nitrogens with one attached hydrogen (secondary N) is 1. The number of rotatable bonds is 5. The standard InChI is InChI=1S/C20H29N5S.HI/c1-4-18-13-22-19(26-18)14-23-20(21-3)25-10-8-24(9-11-25)15-17-7-5-6-16(2)12-17;/h5-7,12-13H,4,8-11,14-15H2,1-3H3,(H,21,23);1H. The molecule has 0 radical (unpaired) electrons. The largest absolute Gasteiger partial charge is 0.350 e. The average Bonchev–Trinajstić information content (AvgIpc) is 3.12. The molecule has 0 bridgehead atoms. The minimum Gasteiger partial charge on any atom is -0.350 e. The van der Waals surface area contributed by atoms with Crippen LogP contribution in [0.3, 0.4) is 0 Å². The molecule has 1 saturated heterocycles. The first-order chi connectivity index (χ1) is 12.7. The molecular formula is C20H30IN5S. The monoisotopic (exact) mass is 499 g/mol. The Morgan fingerprint density at radius 1 is 1.26 bits per heavy atom. The van der Waals surface area contributed by atoms with Crippen molar-refractivity contribution in [3.63, 3.8) is 0 Å². The van der Waals surface area contributed by atoms with Gasteiger partial charge < -0.3 is 10.2 Å². The van der Waals surface area contributed by atoms with Crippen LogP contribution in [0, 0.1) is 6.92 Å². The Morgan fingerprint density at radius 3 is 2.67 bits per heavy atom. The topological polar surface area (TPSA) is 43.8 Å². The summed E-state index contributed by atoms with van der Waals surface area (Å²) >= 11 is 1.78. The van der Waals surface area contributed by atoms with Crippen molar-refractivity contribution in [2.45, 2.75) is 33.4 Å². The summed E-state index contributed by atoms with van der Waals surface area (Å²) in [7, 11) is 1.86. The molecule has 7 heteroatoms. The number of aryl methyl sites for hydroxylation is 2. The van der Waals surface area contributed by atoms with Gasteiger partial charge in [0.1, 0.15) is 5.01 Å². The van der Waals surface area contributed by atoms with Crippen LogP contribution in [0.4, 0.5) is 0 Å². The first-order valence-electron chi connectivity index (χ1n) is 9.35. The van der Waals surface area contributed by atoms with Crippen molar-refractivity contribution in [3.8, 4) is 0 Å². The molecule has 1 aromatic carbocycles. The Morgan fingerprint density at radius 2 is 2.04 bits per heavy atom. The highest BCUT2D eigenvalue weighted by molar-refractivity contribution is 14.0. The lowest BCUT2D eigenvalue weighted by Crippen LogP contribution is -2.52. The van der Waals surface area contributed by atoms with Crippen molar-refractivity contribution in [1.29, 1.82) is 0 Å². The van der Waals surface area contributed by atoms with E-state index in [1.165, 1.54) is 16.0 Å². The second-order valence-electron chi connectivity index (χ2n) is 6.73. The van der Waals surface area contributed by atoms with Crippen LogP contribution in [0.15, 0.2) is 35.5 Å². The van der Waals surface area contributed by atoms with E-state index in [0.29, 0.717) is 0 Å². The normalized spacial score (nSPS) is 15.5. The van der Waals surface area contributed by atoms with Gasteiger partial charge in [-0.05, 0) is 18.9 Å². The van der Waals surface area contributed by atoms with Gasteiger partial charge in [-0.1, -0.05) is 36.8 Å². The summed E-state index contributed by atoms with van der Waals surface area (Å²) in [6, 6.07) is 8.81. The molecular weight excluding hydrogens is 469 g/mol. The van der Waals surface area contributed by atoms with Crippen LogP contribution in [-0.2, 0) is 19.5 Å². The van der Waals surface area contributed by atoms with Gasteiger partial charge in [-0.3, -0.25) is 9.89 Å². The van der Waals surface area contributed by atoms with Crippen LogP contribution >= 0.6 is 35.3 Å². The van der Waals surface area contributed by atoms with Crippen LogP contribution in [0.1, 0.15) is 27.9 Å². The van der Waals surface area contributed by atoms with Gasteiger partial charge in [0, 0.05) is 50.8 Å². The predicted octanol–water partition coefficient (Wildman–Crippen LogP) is 3.53. The Bertz CT molecular complexity index is 737. The quantitative estimate of drug-likeness (QED) is 0.389. The van der Waals surface area contributed by atoms with Gasteiger partial charge in [-0.25, -0.2) is 4.98 Å². The van der Waals surface area contributed by atoms with Crippen LogP contribution in [0.2, 0.25) is 0 Å². The summed E-state index contributed by atoms with van der Waals surface area (Å²) in [4.78, 5) is 15.1. The van der Waals surface area contributed by atoms with Crippen molar-refractivity contribution in [1.82, 2.24) is 20.1 Å². The van der Waals surface area contributed by atoms with Gasteiger partial charge in [0.15, 0.2) is 5.96 Å². The van der Waals surface area contributed by atoms with Crippen LogP contribution in [-0.4, -0.2) is 54.0 Å². The molecule has 2 heterocycles. The summed E-state index contributed by atoms with van der Waals surface area (Å²) in [5, 5.41) is 4.60. The van der Waals surface area contributed by atoms with E-state index in [1.807, 2.05) is 13.2 Å². The van der Waals surface area contributed by atoms with Gasteiger partial charge in [0.05, 0.1) is 6.54 Å². The third kappa shape index (κ3) is 6.43. The number of nitrogens with zero attached hydrogens (tertiary/aromatic N) is 4. The summed E-state index contributed by atoms with van der Waals surface area (Å²) < 4.78 is 0. The van der Waals surface area contributed by atoms with Gasteiger partial charge in [-0.2, -0.15) is 0 Å². The van der Waals surface area contributed by atoms with E-state index in [0.717, 1.165) is 56.7 Å². The molecule has 3 rings (SSSR count). The Kier molecular flexibility index (Phi) is 8.98. The van der Waals surface area contributed by atoms with E-state index in [9.17, 15) is 0 Å². The molecule has 1 aliphatic rings. The third-order valence-electron chi connectivity index (χ3n) is 4.72. The fourth-order valence-electron chi connectivity index (χ4n) is 3.27. The van der Waals surface area contributed by atoms with E-state index in [1.54, 1.807) is 11.3 Å². The maximum absolute atomic E-state index is 4.48. The molecule has 5 nitrogen and oxygen atoms in total. The van der Waals surface area contributed by atoms with Crippen molar-refractivity contribution in [2.75, 3.05) is 33.2 Å². The maximum atomic E-state index is 4.48. The molecule has 2 aromatic rings. The van der Waals surface area contributed by atoms with Crippen molar-refractivity contribution >= 4 is 41.3 Å². The van der Waals surface area contributed by atoms with E-state index in [-0.39, 0.29) is 24.0 Å². The molecule has 0 unspecified atom stereocenters. The lowest BCUT2D eigenvalue weighted by atomic mass is 10.1. The SMILES string of the molecule is CCc1cnc(CNC(=NC)N2CCN(Cc3cccc(C)c3)CC2)s1.I. The number of aliphatic imine (C=N–C) groups is 1. The molecule has 0 aliphatic carbocycles. The smallest absolute Gasteiger partial charge is 0.194 e. The van der Waals surface area contributed by atoms with Crippen LogP contribution in [0.5, 0.6) is 0 Å². The number of hydrogen-bond acceptors (Lipinski definition) is 4. The zero-order chi connectivity index (χ0) is 18.4. The number of benzene rings is 1. The molecule has 0 amide bonds. The first-order valence-corrected chi connectivity index (χ1v) is 10.2. The van der Waals surface area contributed by atoms with E-state index >= 15 is 0 Å². The van der Waals surface area contributed by atoms with Gasteiger partial charge in [0.2, 0.25) is 0 Å². The Labute approximate surface area is 183 Å². The second-order valence-corrected chi connectivity index (χ2v) is 7.93. The predicted molar refractivity (Wildman–Crippen MR) is 125 cm³/mol. The van der Waals surface area contributed by atoms with Crippen LogP contribution < -0.4 is 5.32 Å². The van der Waals surface area contributed by atoms with Crippen molar-refractivity contribution < 1.29 is 0 Å². The lowest BCUT2D eigenvalue weighted by molar-refractivity contribution is 0.172. The van der Waals surface area contributed by atoms with Gasteiger partial charge in [0.25, 0.3) is 0 Å². The Balaban J connectivity index is 0.00000261. The molecule has 148 valence electrons. The number of halogens is 1. The van der Waals surface area contributed by atoms with Crippen molar-refractivity contribution in [3.05, 3.63) is 51.5 Å². The summed E-state index contributed by atoms with van der Waals surface area (Å²) in [5.41, 5.74) is 2.73. The number of hydrogen-bond donors (Lipinski definition) is 1. The summed E-state index contributed by atoms with van der Waals surface area (Å²) in [6.07, 6.45) is 3.03. The third-order valence-corrected chi connectivity index (χ3v) is 5.86. The zero-order valence-electron chi connectivity index (χ0n) is 16.4. The molecule has 1 aromatic heterocycles.